The average molecular weight is 430 g/mol. The molecule has 2 aromatic rings. The van der Waals surface area contributed by atoms with Crippen molar-refractivity contribution in [3.05, 3.63) is 23.6 Å². The summed E-state index contributed by atoms with van der Waals surface area (Å²) in [6.07, 6.45) is 8.76. The van der Waals surface area contributed by atoms with Crippen LogP contribution in [-0.2, 0) is 16.1 Å². The van der Waals surface area contributed by atoms with E-state index in [9.17, 15) is 9.59 Å². The maximum Gasteiger partial charge on any atom is 0.271 e. The molecule has 0 spiro atoms. The molecule has 0 radical (unpaired) electrons. The molecule has 0 saturated heterocycles. The van der Waals surface area contributed by atoms with Crippen LogP contribution in [0.1, 0.15) is 74.5 Å². The lowest BCUT2D eigenvalue weighted by Gasteiger charge is -2.44. The molecule has 1 aliphatic heterocycles. The van der Waals surface area contributed by atoms with Gasteiger partial charge >= 0.3 is 0 Å². The summed E-state index contributed by atoms with van der Waals surface area (Å²) in [7, 11) is 1.65. The minimum absolute atomic E-state index is 0.0587. The molecule has 0 bridgehead atoms. The number of furan rings is 1. The number of hydrogen-bond acceptors (Lipinski definition) is 4. The molecule has 1 aliphatic carbocycles. The molecule has 4 rings (SSSR count). The first-order chi connectivity index (χ1) is 14.9. The van der Waals surface area contributed by atoms with Gasteiger partial charge in [-0.15, -0.1) is 0 Å². The van der Waals surface area contributed by atoms with Crippen molar-refractivity contribution in [2.45, 2.75) is 83.3 Å². The van der Waals surface area contributed by atoms with E-state index in [4.69, 9.17) is 9.15 Å². The van der Waals surface area contributed by atoms with Gasteiger partial charge in [0.05, 0.1) is 12.1 Å². The topological polar surface area (TPSA) is 76.7 Å². The summed E-state index contributed by atoms with van der Waals surface area (Å²) < 4.78 is 12.9. The normalized spacial score (nSPS) is 22.9. The van der Waals surface area contributed by atoms with Crippen molar-refractivity contribution in [3.8, 4) is 0 Å². The number of carbonyl (C=O) groups is 2. The quantitative estimate of drug-likeness (QED) is 0.704. The van der Waals surface area contributed by atoms with Crippen LogP contribution in [0.15, 0.2) is 16.5 Å². The number of rotatable bonds is 6. The molecule has 1 fully saturated rings. The molecule has 0 unspecified atom stereocenters. The van der Waals surface area contributed by atoms with E-state index >= 15 is 0 Å². The molecule has 2 amide bonds. The van der Waals surface area contributed by atoms with Crippen LogP contribution in [0.3, 0.4) is 0 Å². The Labute approximate surface area is 184 Å². The Bertz CT molecular complexity index is 938. The van der Waals surface area contributed by atoms with Gasteiger partial charge < -0.3 is 23.9 Å². The van der Waals surface area contributed by atoms with Crippen molar-refractivity contribution in [1.82, 2.24) is 14.8 Å². The highest BCUT2D eigenvalue weighted by atomic mass is 16.5. The van der Waals surface area contributed by atoms with Gasteiger partial charge in [-0.2, -0.15) is 0 Å². The molecule has 31 heavy (non-hydrogen) atoms. The third kappa shape index (κ3) is 4.25. The molecule has 7 nitrogen and oxygen atoms in total. The average Bonchev–Trinajstić information content (AvgIpc) is 3.23. The van der Waals surface area contributed by atoms with E-state index < -0.39 is 5.54 Å². The van der Waals surface area contributed by atoms with Crippen LogP contribution in [0.4, 0.5) is 0 Å². The summed E-state index contributed by atoms with van der Waals surface area (Å²) in [6, 6.07) is 3.93. The first kappa shape index (κ1) is 21.9. The highest BCUT2D eigenvalue weighted by Crippen LogP contribution is 2.34. The van der Waals surface area contributed by atoms with Crippen molar-refractivity contribution in [2.75, 3.05) is 20.3 Å². The number of fused-ring (bicyclic) bond motifs is 3. The van der Waals surface area contributed by atoms with Gasteiger partial charge in [0.1, 0.15) is 17.0 Å². The fourth-order valence-corrected chi connectivity index (χ4v) is 5.12. The molecule has 3 heterocycles. The lowest BCUT2D eigenvalue weighted by molar-refractivity contribution is -0.133. The maximum absolute atomic E-state index is 13.7. The van der Waals surface area contributed by atoms with Crippen molar-refractivity contribution in [2.24, 2.45) is 0 Å². The van der Waals surface area contributed by atoms with Crippen molar-refractivity contribution in [1.29, 1.82) is 0 Å². The Morgan fingerprint density at radius 2 is 1.94 bits per heavy atom. The van der Waals surface area contributed by atoms with Crippen LogP contribution in [-0.4, -0.2) is 53.1 Å². The second kappa shape index (κ2) is 9.07. The number of nitrogens with zero attached hydrogens (tertiary/aromatic N) is 2. The predicted octanol–water partition coefficient (Wildman–Crippen LogP) is 4.02. The predicted molar refractivity (Wildman–Crippen MR) is 119 cm³/mol. The van der Waals surface area contributed by atoms with Crippen LogP contribution in [0.25, 0.3) is 11.1 Å². The van der Waals surface area contributed by atoms with E-state index in [-0.39, 0.29) is 17.9 Å². The molecular formula is C24H35N3O4. The number of amides is 2. The van der Waals surface area contributed by atoms with E-state index in [1.807, 2.05) is 24.5 Å². The molecule has 2 aromatic heterocycles. The Kier molecular flexibility index (Phi) is 6.42. The molecular weight excluding hydrogens is 394 g/mol. The molecule has 1 saturated carbocycles. The molecule has 170 valence electrons. The number of carbonyl (C=O) groups excluding carboxylic acids is 2. The molecule has 7 heteroatoms. The minimum atomic E-state index is -0.961. The number of aromatic nitrogens is 1. The van der Waals surface area contributed by atoms with Crippen molar-refractivity contribution < 1.29 is 18.7 Å². The van der Waals surface area contributed by atoms with Crippen LogP contribution < -0.4 is 5.32 Å². The summed E-state index contributed by atoms with van der Waals surface area (Å²) in [6.45, 7) is 5.24. The first-order valence-corrected chi connectivity index (χ1v) is 11.7. The van der Waals surface area contributed by atoms with Gasteiger partial charge in [-0.25, -0.2) is 0 Å². The van der Waals surface area contributed by atoms with Gasteiger partial charge in [0.15, 0.2) is 5.58 Å². The molecule has 1 atom stereocenters. The number of hydrogen-bond donors (Lipinski definition) is 1. The third-order valence-corrected chi connectivity index (χ3v) is 6.90. The molecule has 1 N–H and O–H groups in total. The van der Waals surface area contributed by atoms with Gasteiger partial charge in [-0.05, 0) is 33.1 Å². The smallest absolute Gasteiger partial charge is 0.271 e. The lowest BCUT2D eigenvalue weighted by Crippen LogP contribution is -2.65. The monoisotopic (exact) mass is 429 g/mol. The minimum Gasteiger partial charge on any atom is -0.460 e. The van der Waals surface area contributed by atoms with E-state index in [1.54, 1.807) is 18.1 Å². The van der Waals surface area contributed by atoms with Crippen LogP contribution in [0.5, 0.6) is 0 Å². The second-order valence-electron chi connectivity index (χ2n) is 9.31. The summed E-state index contributed by atoms with van der Waals surface area (Å²) in [5.74, 6) is 0.620. The van der Waals surface area contributed by atoms with E-state index in [1.165, 1.54) is 19.3 Å². The fourth-order valence-electron chi connectivity index (χ4n) is 5.12. The molecule has 0 aromatic carbocycles. The van der Waals surface area contributed by atoms with Crippen LogP contribution >= 0.6 is 0 Å². The van der Waals surface area contributed by atoms with Gasteiger partial charge in [-0.3, -0.25) is 9.59 Å². The number of methoxy groups -OCH3 is 1. The second-order valence-corrected chi connectivity index (χ2v) is 9.31. The zero-order valence-corrected chi connectivity index (χ0v) is 19.0. The fraction of sp³-hybridized carbons (Fsp3) is 0.667. The highest BCUT2D eigenvalue weighted by molar-refractivity contribution is 6.03. The third-order valence-electron chi connectivity index (χ3n) is 6.90. The standard InChI is InChI=1S/C24H35N3O4/c1-17-14-19-21(31-17)15-20-22(28)27(12-9-13-30-3)24(2,16-26(19)20)23(29)25-18-10-7-5-4-6-8-11-18/h14-15,18H,4-13,16H2,1-3H3,(H,25,29)/t24-/m1/s1. The lowest BCUT2D eigenvalue weighted by atomic mass is 9.92. The zero-order chi connectivity index (χ0) is 22.0. The van der Waals surface area contributed by atoms with Crippen LogP contribution in [0, 0.1) is 6.92 Å². The highest BCUT2D eigenvalue weighted by Gasteiger charge is 2.48. The summed E-state index contributed by atoms with van der Waals surface area (Å²) in [5.41, 5.74) is 1.20. The zero-order valence-electron chi connectivity index (χ0n) is 19.0. The number of nitrogens with one attached hydrogen (secondary N) is 1. The van der Waals surface area contributed by atoms with Crippen LogP contribution in [0.2, 0.25) is 0 Å². The Balaban J connectivity index is 1.63. The van der Waals surface area contributed by atoms with Gasteiger partial charge in [-0.1, -0.05) is 32.1 Å². The number of ether oxygens (including phenoxy) is 1. The van der Waals surface area contributed by atoms with Gasteiger partial charge in [0.2, 0.25) is 5.91 Å². The van der Waals surface area contributed by atoms with Crippen molar-refractivity contribution in [3.63, 3.8) is 0 Å². The SMILES string of the molecule is COCCCN1C(=O)c2cc3oc(C)cc3n2C[C@]1(C)C(=O)NC1CCCCCCC1. The summed E-state index contributed by atoms with van der Waals surface area (Å²) in [4.78, 5) is 28.9. The Morgan fingerprint density at radius 1 is 1.23 bits per heavy atom. The summed E-state index contributed by atoms with van der Waals surface area (Å²) in [5, 5.41) is 3.31. The largest absolute Gasteiger partial charge is 0.460 e. The van der Waals surface area contributed by atoms with E-state index in [0.717, 1.165) is 37.0 Å². The van der Waals surface area contributed by atoms with Crippen molar-refractivity contribution >= 4 is 22.9 Å². The van der Waals surface area contributed by atoms with Gasteiger partial charge in [0.25, 0.3) is 5.91 Å². The molecule has 2 aliphatic rings. The number of aryl methyl sites for hydroxylation is 1. The Hall–Kier alpha value is -2.28. The van der Waals surface area contributed by atoms with E-state index in [0.29, 0.717) is 37.4 Å². The maximum atomic E-state index is 13.7. The summed E-state index contributed by atoms with van der Waals surface area (Å²) >= 11 is 0. The Morgan fingerprint density at radius 3 is 2.65 bits per heavy atom. The van der Waals surface area contributed by atoms with E-state index in [2.05, 4.69) is 5.32 Å². The first-order valence-electron chi connectivity index (χ1n) is 11.7. The van der Waals surface area contributed by atoms with Gasteiger partial charge in [0, 0.05) is 38.4 Å².